The van der Waals surface area contributed by atoms with E-state index >= 15 is 0 Å². The van der Waals surface area contributed by atoms with Crippen LogP contribution < -0.4 is 0 Å². The molecule has 0 saturated carbocycles. The molecule has 15 heavy (non-hydrogen) atoms. The third kappa shape index (κ3) is 2.98. The van der Waals surface area contributed by atoms with Gasteiger partial charge in [-0.3, -0.25) is 0 Å². The molecule has 2 heterocycles. The zero-order valence-corrected chi connectivity index (χ0v) is 9.46. The maximum Gasteiger partial charge on any atom is 0.227 e. The van der Waals surface area contributed by atoms with Crippen molar-refractivity contribution in [3.63, 3.8) is 0 Å². The summed E-state index contributed by atoms with van der Waals surface area (Å²) >= 11 is 12.4. The van der Waals surface area contributed by atoms with E-state index < -0.39 is 0 Å². The molecule has 0 aliphatic carbocycles. The van der Waals surface area contributed by atoms with Crippen LogP contribution in [0.1, 0.15) is 0 Å². The average molecular weight is 260 g/mol. The zero-order chi connectivity index (χ0) is 10.7. The molecule has 8 heteroatoms. The van der Waals surface area contributed by atoms with Gasteiger partial charge < -0.3 is 0 Å². The fraction of sp³-hybridized carbons (Fsp3) is 0. The lowest BCUT2D eigenvalue weighted by Crippen LogP contribution is -1.93. The van der Waals surface area contributed by atoms with Gasteiger partial charge in [0.05, 0.1) is 0 Å². The van der Waals surface area contributed by atoms with Crippen molar-refractivity contribution in [2.75, 3.05) is 0 Å². The van der Waals surface area contributed by atoms with Gasteiger partial charge in [-0.25, -0.2) is 9.97 Å². The van der Waals surface area contributed by atoms with E-state index in [1.54, 1.807) is 18.5 Å². The Hall–Kier alpha value is -0.980. The van der Waals surface area contributed by atoms with E-state index in [-0.39, 0.29) is 10.6 Å². The van der Waals surface area contributed by atoms with E-state index in [2.05, 4.69) is 24.9 Å². The predicted octanol–water partition coefficient (Wildman–Crippen LogP) is 2.12. The molecule has 0 atom stereocenters. The number of halogens is 2. The molecular weight excluding hydrogens is 257 g/mol. The highest BCUT2D eigenvalue weighted by molar-refractivity contribution is 7.99. The van der Waals surface area contributed by atoms with Gasteiger partial charge in [-0.05, 0) is 41.0 Å². The van der Waals surface area contributed by atoms with Crippen LogP contribution in [0.15, 0.2) is 28.8 Å². The summed E-state index contributed by atoms with van der Waals surface area (Å²) in [6, 6.07) is 1.72. The van der Waals surface area contributed by atoms with Crippen LogP contribution in [0.25, 0.3) is 0 Å². The Balaban J connectivity index is 2.25. The Kier molecular flexibility index (Phi) is 3.30. The molecule has 76 valence electrons. The normalized spacial score (nSPS) is 10.3. The molecule has 0 aromatic carbocycles. The average Bonchev–Trinajstić information content (AvgIpc) is 2.17. The Morgan fingerprint density at radius 2 is 1.47 bits per heavy atom. The highest BCUT2D eigenvalue weighted by atomic mass is 35.5. The Morgan fingerprint density at radius 3 is 2.07 bits per heavy atom. The smallest absolute Gasteiger partial charge is 0.227 e. The van der Waals surface area contributed by atoms with Crippen LogP contribution in [0.2, 0.25) is 10.6 Å². The third-order valence-corrected chi connectivity index (χ3v) is 2.38. The van der Waals surface area contributed by atoms with Crippen molar-refractivity contribution in [2.24, 2.45) is 0 Å². The lowest BCUT2D eigenvalue weighted by molar-refractivity contribution is 0.888. The summed E-state index contributed by atoms with van der Waals surface area (Å²) in [5.74, 6) is 0. The van der Waals surface area contributed by atoms with Gasteiger partial charge in [0.15, 0.2) is 5.16 Å². The predicted molar refractivity (Wildman–Crippen MR) is 56.0 cm³/mol. The Labute approximate surface area is 99.3 Å². The molecule has 0 aliphatic heterocycles. The molecule has 0 bridgehead atoms. The molecule has 0 N–H and O–H groups in total. The summed E-state index contributed by atoms with van der Waals surface area (Å²) < 4.78 is 0. The molecule has 0 saturated heterocycles. The first-order valence-electron chi connectivity index (χ1n) is 3.76. The third-order valence-electron chi connectivity index (χ3n) is 1.28. The lowest BCUT2D eigenvalue weighted by atomic mass is 10.7. The van der Waals surface area contributed by atoms with Gasteiger partial charge in [0.1, 0.15) is 0 Å². The van der Waals surface area contributed by atoms with Gasteiger partial charge in [-0.15, -0.1) is 0 Å². The number of nitrogens with zero attached hydrogens (tertiary/aromatic N) is 5. The van der Waals surface area contributed by atoms with Crippen LogP contribution in [0.4, 0.5) is 0 Å². The second-order valence-electron chi connectivity index (χ2n) is 2.29. The fourth-order valence-corrected chi connectivity index (χ4v) is 1.89. The van der Waals surface area contributed by atoms with Crippen molar-refractivity contribution in [1.82, 2.24) is 24.9 Å². The van der Waals surface area contributed by atoms with Gasteiger partial charge in [-0.1, -0.05) is 0 Å². The van der Waals surface area contributed by atoms with Crippen LogP contribution in [0, 0.1) is 0 Å². The van der Waals surface area contributed by atoms with Crippen LogP contribution in [-0.4, -0.2) is 24.9 Å². The highest BCUT2D eigenvalue weighted by Crippen LogP contribution is 2.21. The molecule has 5 nitrogen and oxygen atoms in total. The molecule has 0 unspecified atom stereocenters. The van der Waals surface area contributed by atoms with E-state index in [0.29, 0.717) is 10.3 Å². The molecule has 2 aromatic heterocycles. The van der Waals surface area contributed by atoms with E-state index in [4.69, 9.17) is 23.2 Å². The highest BCUT2D eigenvalue weighted by Gasteiger charge is 2.06. The van der Waals surface area contributed by atoms with E-state index in [9.17, 15) is 0 Å². The first-order chi connectivity index (χ1) is 7.24. The summed E-state index contributed by atoms with van der Waals surface area (Å²) in [7, 11) is 0. The molecule has 2 rings (SSSR count). The SMILES string of the molecule is Clc1nc(Cl)nc(Sc2ncccn2)n1. The largest absolute Gasteiger partial charge is 0.231 e. The topological polar surface area (TPSA) is 64.5 Å². The maximum atomic E-state index is 5.62. The molecule has 2 aromatic rings. The molecular formula is C7H3Cl2N5S. The van der Waals surface area contributed by atoms with Gasteiger partial charge >= 0.3 is 0 Å². The second kappa shape index (κ2) is 4.69. The first-order valence-corrected chi connectivity index (χ1v) is 5.33. The van der Waals surface area contributed by atoms with E-state index in [1.807, 2.05) is 0 Å². The minimum atomic E-state index is 0.0495. The van der Waals surface area contributed by atoms with Crippen molar-refractivity contribution in [1.29, 1.82) is 0 Å². The van der Waals surface area contributed by atoms with Gasteiger partial charge in [-0.2, -0.15) is 15.0 Å². The quantitative estimate of drug-likeness (QED) is 0.770. The van der Waals surface area contributed by atoms with Crippen molar-refractivity contribution in [2.45, 2.75) is 10.3 Å². The number of aromatic nitrogens is 5. The van der Waals surface area contributed by atoms with Crippen molar-refractivity contribution in [3.8, 4) is 0 Å². The van der Waals surface area contributed by atoms with Gasteiger partial charge in [0.2, 0.25) is 15.7 Å². The Bertz CT molecular complexity index is 446. The fourth-order valence-electron chi connectivity index (χ4n) is 0.774. The lowest BCUT2D eigenvalue weighted by Gasteiger charge is -1.98. The van der Waals surface area contributed by atoms with Crippen LogP contribution in [-0.2, 0) is 0 Å². The van der Waals surface area contributed by atoms with Crippen molar-refractivity contribution >= 4 is 35.0 Å². The number of hydrogen-bond acceptors (Lipinski definition) is 6. The molecule has 0 fully saturated rings. The first kappa shape index (κ1) is 10.5. The van der Waals surface area contributed by atoms with Crippen molar-refractivity contribution < 1.29 is 0 Å². The van der Waals surface area contributed by atoms with Crippen molar-refractivity contribution in [3.05, 3.63) is 29.0 Å². The number of hydrogen-bond donors (Lipinski definition) is 0. The Morgan fingerprint density at radius 1 is 0.867 bits per heavy atom. The van der Waals surface area contributed by atoms with Crippen LogP contribution in [0.3, 0.4) is 0 Å². The summed E-state index contributed by atoms with van der Waals surface area (Å²) in [4.78, 5) is 19.4. The van der Waals surface area contributed by atoms with Gasteiger partial charge in [0, 0.05) is 12.4 Å². The van der Waals surface area contributed by atoms with Crippen LogP contribution >= 0.6 is 35.0 Å². The summed E-state index contributed by atoms with van der Waals surface area (Å²) in [6.45, 7) is 0. The molecule has 0 aliphatic rings. The summed E-state index contributed by atoms with van der Waals surface area (Å²) in [5.41, 5.74) is 0. The summed E-state index contributed by atoms with van der Waals surface area (Å²) in [6.07, 6.45) is 3.25. The zero-order valence-electron chi connectivity index (χ0n) is 7.13. The standard InChI is InChI=1S/C7H3Cl2N5S/c8-4-12-5(9)14-7(13-4)15-6-10-2-1-3-11-6/h1-3H. The van der Waals surface area contributed by atoms with E-state index in [1.165, 1.54) is 0 Å². The van der Waals surface area contributed by atoms with E-state index in [0.717, 1.165) is 11.8 Å². The summed E-state index contributed by atoms with van der Waals surface area (Å²) in [5, 5.41) is 0.990. The monoisotopic (exact) mass is 259 g/mol. The molecule has 0 amide bonds. The van der Waals surface area contributed by atoms with Gasteiger partial charge in [0.25, 0.3) is 0 Å². The second-order valence-corrected chi connectivity index (χ2v) is 3.90. The minimum absolute atomic E-state index is 0.0495. The molecule has 0 radical (unpaired) electrons. The van der Waals surface area contributed by atoms with Crippen LogP contribution in [0.5, 0.6) is 0 Å². The minimum Gasteiger partial charge on any atom is -0.231 e. The molecule has 0 spiro atoms. The number of rotatable bonds is 2. The maximum absolute atomic E-state index is 5.62.